The number of esters is 1. The summed E-state index contributed by atoms with van der Waals surface area (Å²) < 4.78 is 47.7. The molecule has 0 unspecified atom stereocenters. The van der Waals surface area contributed by atoms with Gasteiger partial charge >= 0.3 is 12.1 Å². The Bertz CT molecular complexity index is 648. The molecule has 0 N–H and O–H groups in total. The van der Waals surface area contributed by atoms with Gasteiger partial charge in [-0.15, -0.1) is 0 Å². The molecule has 0 radical (unpaired) electrons. The number of carbonyl (C=O) groups excluding carboxylic acids is 1. The van der Waals surface area contributed by atoms with Crippen molar-refractivity contribution in [2.75, 3.05) is 7.11 Å². The first-order valence-electron chi connectivity index (χ1n) is 6.37. The van der Waals surface area contributed by atoms with E-state index in [1.165, 1.54) is 19.2 Å². The van der Waals surface area contributed by atoms with Crippen LogP contribution in [-0.2, 0) is 17.5 Å². The van der Waals surface area contributed by atoms with Crippen LogP contribution in [0.25, 0.3) is 0 Å². The van der Waals surface area contributed by atoms with Crippen LogP contribution in [0.4, 0.5) is 13.2 Å². The molecule has 0 aromatic heterocycles. The summed E-state index contributed by atoms with van der Waals surface area (Å²) >= 11 is 0. The van der Waals surface area contributed by atoms with Crippen molar-refractivity contribution in [3.8, 4) is 5.75 Å². The summed E-state index contributed by atoms with van der Waals surface area (Å²) in [5.74, 6) is -0.322. The van der Waals surface area contributed by atoms with Crippen LogP contribution in [0.1, 0.15) is 21.5 Å². The van der Waals surface area contributed by atoms with Gasteiger partial charge in [-0.2, -0.15) is 13.2 Å². The van der Waals surface area contributed by atoms with E-state index in [1.54, 1.807) is 24.3 Å². The Hall–Kier alpha value is -2.50. The van der Waals surface area contributed by atoms with Crippen molar-refractivity contribution in [3.05, 3.63) is 65.2 Å². The van der Waals surface area contributed by atoms with Crippen LogP contribution >= 0.6 is 0 Å². The number of hydrogen-bond donors (Lipinski definition) is 0. The van der Waals surface area contributed by atoms with Crippen molar-refractivity contribution < 1.29 is 27.4 Å². The van der Waals surface area contributed by atoms with Gasteiger partial charge in [-0.25, -0.2) is 4.79 Å². The van der Waals surface area contributed by atoms with E-state index in [-0.39, 0.29) is 12.4 Å². The Labute approximate surface area is 125 Å². The van der Waals surface area contributed by atoms with Crippen molar-refractivity contribution in [2.24, 2.45) is 0 Å². The summed E-state index contributed by atoms with van der Waals surface area (Å²) in [5, 5.41) is 0. The highest BCUT2D eigenvalue weighted by Gasteiger charge is 2.30. The lowest BCUT2D eigenvalue weighted by atomic mass is 10.1. The third-order valence-electron chi connectivity index (χ3n) is 2.94. The molecule has 0 spiro atoms. The first-order chi connectivity index (χ1) is 10.4. The maximum atomic E-state index is 12.6. The van der Waals surface area contributed by atoms with E-state index < -0.39 is 17.7 Å². The van der Waals surface area contributed by atoms with Crippen LogP contribution < -0.4 is 4.74 Å². The molecule has 3 nitrogen and oxygen atoms in total. The van der Waals surface area contributed by atoms with Crippen molar-refractivity contribution >= 4 is 5.97 Å². The highest BCUT2D eigenvalue weighted by atomic mass is 19.4. The van der Waals surface area contributed by atoms with Gasteiger partial charge in [0.05, 0.1) is 18.2 Å². The maximum Gasteiger partial charge on any atom is 0.416 e. The molecular formula is C16H13F3O3. The molecule has 0 atom stereocenters. The van der Waals surface area contributed by atoms with Crippen LogP contribution in [0, 0.1) is 0 Å². The van der Waals surface area contributed by atoms with E-state index in [2.05, 4.69) is 4.74 Å². The Kier molecular flexibility index (Phi) is 4.70. The fourth-order valence-corrected chi connectivity index (χ4v) is 1.78. The van der Waals surface area contributed by atoms with Gasteiger partial charge in [0.15, 0.2) is 0 Å². The number of halogens is 3. The molecule has 0 bridgehead atoms. The number of rotatable bonds is 4. The quantitative estimate of drug-likeness (QED) is 0.799. The van der Waals surface area contributed by atoms with E-state index in [4.69, 9.17) is 4.74 Å². The second kappa shape index (κ2) is 6.51. The zero-order valence-corrected chi connectivity index (χ0v) is 11.7. The molecule has 6 heteroatoms. The molecule has 0 amide bonds. The highest BCUT2D eigenvalue weighted by molar-refractivity contribution is 5.89. The fraction of sp³-hybridized carbons (Fsp3) is 0.188. The van der Waals surface area contributed by atoms with Gasteiger partial charge in [0.2, 0.25) is 0 Å². The van der Waals surface area contributed by atoms with Crippen LogP contribution in [0.5, 0.6) is 5.75 Å². The molecule has 2 aromatic rings. The molecule has 0 aliphatic heterocycles. The lowest BCUT2D eigenvalue weighted by Crippen LogP contribution is -2.05. The number of methoxy groups -OCH3 is 1. The van der Waals surface area contributed by atoms with Crippen LogP contribution in [0.15, 0.2) is 48.5 Å². The Morgan fingerprint density at radius 3 is 2.36 bits per heavy atom. The lowest BCUT2D eigenvalue weighted by Gasteiger charge is -2.10. The molecule has 2 aromatic carbocycles. The average Bonchev–Trinajstić information content (AvgIpc) is 2.52. The molecule has 22 heavy (non-hydrogen) atoms. The number of carbonyl (C=O) groups is 1. The molecule has 0 saturated heterocycles. The largest absolute Gasteiger partial charge is 0.489 e. The number of alkyl halides is 3. The molecule has 0 aliphatic carbocycles. The highest BCUT2D eigenvalue weighted by Crippen LogP contribution is 2.31. The zero-order valence-electron chi connectivity index (χ0n) is 11.7. The molecular weight excluding hydrogens is 297 g/mol. The van der Waals surface area contributed by atoms with Gasteiger partial charge in [-0.3, -0.25) is 0 Å². The van der Waals surface area contributed by atoms with Gasteiger partial charge in [-0.1, -0.05) is 18.2 Å². The first-order valence-corrected chi connectivity index (χ1v) is 6.37. The first kappa shape index (κ1) is 15.9. The summed E-state index contributed by atoms with van der Waals surface area (Å²) in [4.78, 5) is 11.3. The lowest BCUT2D eigenvalue weighted by molar-refractivity contribution is -0.137. The predicted octanol–water partition coefficient (Wildman–Crippen LogP) is 4.07. The number of hydrogen-bond acceptors (Lipinski definition) is 3. The fourth-order valence-electron chi connectivity index (χ4n) is 1.78. The van der Waals surface area contributed by atoms with E-state index in [0.717, 1.165) is 17.7 Å². The summed E-state index contributed by atoms with van der Waals surface area (Å²) in [7, 11) is 1.28. The van der Waals surface area contributed by atoms with Gasteiger partial charge in [0.1, 0.15) is 12.4 Å². The average molecular weight is 310 g/mol. The van der Waals surface area contributed by atoms with Gasteiger partial charge in [0, 0.05) is 0 Å². The van der Waals surface area contributed by atoms with Crippen LogP contribution in [0.2, 0.25) is 0 Å². The minimum Gasteiger partial charge on any atom is -0.489 e. The summed E-state index contributed by atoms with van der Waals surface area (Å²) in [6.45, 7) is 0.1000. The van der Waals surface area contributed by atoms with E-state index >= 15 is 0 Å². The number of ether oxygens (including phenoxy) is 2. The van der Waals surface area contributed by atoms with Crippen LogP contribution in [-0.4, -0.2) is 13.1 Å². The topological polar surface area (TPSA) is 35.5 Å². The van der Waals surface area contributed by atoms with E-state index in [1.807, 2.05) is 0 Å². The zero-order chi connectivity index (χ0) is 16.2. The third-order valence-corrected chi connectivity index (χ3v) is 2.94. The molecule has 116 valence electrons. The maximum absolute atomic E-state index is 12.6. The van der Waals surface area contributed by atoms with E-state index in [9.17, 15) is 18.0 Å². The molecule has 0 heterocycles. The normalized spacial score (nSPS) is 11.1. The SMILES string of the molecule is COC(=O)c1ccc(COc2cccc(C(F)(F)F)c2)cc1. The van der Waals surface area contributed by atoms with Gasteiger partial charge in [0.25, 0.3) is 0 Å². The summed E-state index contributed by atoms with van der Waals surface area (Å²) in [6, 6.07) is 11.1. The Morgan fingerprint density at radius 2 is 1.77 bits per heavy atom. The molecule has 0 fully saturated rings. The Morgan fingerprint density at radius 1 is 1.09 bits per heavy atom. The van der Waals surface area contributed by atoms with Gasteiger partial charge < -0.3 is 9.47 Å². The standard InChI is InChI=1S/C16H13F3O3/c1-21-15(20)12-7-5-11(6-8-12)10-22-14-4-2-3-13(9-14)16(17,18)19/h2-9H,10H2,1H3. The predicted molar refractivity (Wildman–Crippen MR) is 73.6 cm³/mol. The van der Waals surface area contributed by atoms with Crippen molar-refractivity contribution in [1.29, 1.82) is 0 Å². The third kappa shape index (κ3) is 4.00. The van der Waals surface area contributed by atoms with Crippen molar-refractivity contribution in [3.63, 3.8) is 0 Å². The minimum absolute atomic E-state index is 0.1000. The smallest absolute Gasteiger partial charge is 0.416 e. The Balaban J connectivity index is 2.03. The molecule has 0 aliphatic rings. The van der Waals surface area contributed by atoms with Gasteiger partial charge in [-0.05, 0) is 35.9 Å². The molecule has 2 rings (SSSR count). The van der Waals surface area contributed by atoms with Crippen LogP contribution in [0.3, 0.4) is 0 Å². The second-order valence-corrected chi connectivity index (χ2v) is 4.50. The number of benzene rings is 2. The molecule has 0 saturated carbocycles. The minimum atomic E-state index is -4.40. The summed E-state index contributed by atoms with van der Waals surface area (Å²) in [5.41, 5.74) is 0.362. The second-order valence-electron chi connectivity index (χ2n) is 4.50. The van der Waals surface area contributed by atoms with Crippen molar-refractivity contribution in [1.82, 2.24) is 0 Å². The van der Waals surface area contributed by atoms with Crippen molar-refractivity contribution in [2.45, 2.75) is 12.8 Å². The monoisotopic (exact) mass is 310 g/mol. The van der Waals surface area contributed by atoms with E-state index in [0.29, 0.717) is 5.56 Å². The summed E-state index contributed by atoms with van der Waals surface area (Å²) in [6.07, 6.45) is -4.40.